The molecule has 1 aromatic rings. The van der Waals surface area contributed by atoms with E-state index in [-0.39, 0.29) is 5.91 Å². The lowest BCUT2D eigenvalue weighted by molar-refractivity contribution is -0.123. The summed E-state index contributed by atoms with van der Waals surface area (Å²) in [4.78, 5) is 23.0. The highest BCUT2D eigenvalue weighted by Crippen LogP contribution is 2.12. The van der Waals surface area contributed by atoms with Crippen molar-refractivity contribution in [2.75, 3.05) is 7.11 Å². The fourth-order valence-corrected chi connectivity index (χ4v) is 1.94. The number of hydrogen-bond donors (Lipinski definition) is 3. The Morgan fingerprint density at radius 2 is 2.14 bits per heavy atom. The molecule has 0 radical (unpaired) electrons. The molecule has 1 atom stereocenters. The third-order valence-corrected chi connectivity index (χ3v) is 3.08. The van der Waals surface area contributed by atoms with E-state index in [0.717, 1.165) is 24.2 Å². The fraction of sp³-hybridized carbons (Fsp3) is 0.467. The maximum absolute atomic E-state index is 12.1. The van der Waals surface area contributed by atoms with Gasteiger partial charge in [0.2, 0.25) is 5.91 Å². The van der Waals surface area contributed by atoms with E-state index in [9.17, 15) is 9.59 Å². The van der Waals surface area contributed by atoms with Crippen molar-refractivity contribution < 1.29 is 14.3 Å². The number of hydrogen-bond acceptors (Lipinski definition) is 3. The normalized spacial score (nSPS) is 11.5. The van der Waals surface area contributed by atoms with Gasteiger partial charge in [-0.2, -0.15) is 0 Å². The van der Waals surface area contributed by atoms with Crippen LogP contribution >= 0.6 is 0 Å². The molecule has 4 N–H and O–H groups in total. The third-order valence-electron chi connectivity index (χ3n) is 3.08. The highest BCUT2D eigenvalue weighted by molar-refractivity contribution is 5.86. The fourth-order valence-electron chi connectivity index (χ4n) is 1.94. The van der Waals surface area contributed by atoms with Gasteiger partial charge in [0, 0.05) is 6.54 Å². The molecule has 0 saturated heterocycles. The van der Waals surface area contributed by atoms with Gasteiger partial charge in [0.05, 0.1) is 7.11 Å². The molecule has 0 aliphatic heterocycles. The Labute approximate surface area is 125 Å². The monoisotopic (exact) mass is 293 g/mol. The second-order valence-corrected chi connectivity index (χ2v) is 4.77. The van der Waals surface area contributed by atoms with E-state index in [0.29, 0.717) is 13.0 Å². The van der Waals surface area contributed by atoms with Gasteiger partial charge in [0.1, 0.15) is 11.8 Å². The molecule has 1 rings (SSSR count). The van der Waals surface area contributed by atoms with Crippen LogP contribution in [-0.2, 0) is 11.3 Å². The van der Waals surface area contributed by atoms with Gasteiger partial charge in [0.25, 0.3) is 0 Å². The van der Waals surface area contributed by atoms with Crippen molar-refractivity contribution in [1.29, 1.82) is 0 Å². The predicted molar refractivity (Wildman–Crippen MR) is 80.9 cm³/mol. The Hall–Kier alpha value is -2.24. The number of amides is 3. The number of rotatable bonds is 8. The summed E-state index contributed by atoms with van der Waals surface area (Å²) in [5.74, 6) is 0.504. The zero-order valence-corrected chi connectivity index (χ0v) is 12.5. The van der Waals surface area contributed by atoms with Crippen molar-refractivity contribution in [2.24, 2.45) is 5.73 Å². The highest BCUT2D eigenvalue weighted by atomic mass is 16.5. The van der Waals surface area contributed by atoms with Gasteiger partial charge in [-0.05, 0) is 24.1 Å². The largest absolute Gasteiger partial charge is 0.497 e. The van der Waals surface area contributed by atoms with Crippen LogP contribution in [0.5, 0.6) is 5.75 Å². The number of nitrogens with one attached hydrogen (secondary N) is 2. The lowest BCUT2D eigenvalue weighted by Gasteiger charge is -2.17. The standard InChI is InChI=1S/C15H23N3O3/c1-3-4-8-13(18-15(16)20)14(19)17-10-11-6-5-7-12(9-11)21-2/h5-7,9,13H,3-4,8,10H2,1-2H3,(H,17,19)(H3,16,18,20). The molecule has 0 aromatic heterocycles. The first-order valence-electron chi connectivity index (χ1n) is 7.03. The van der Waals surface area contributed by atoms with Gasteiger partial charge in [0.15, 0.2) is 0 Å². The summed E-state index contributed by atoms with van der Waals surface area (Å²) in [5.41, 5.74) is 6.03. The number of ether oxygens (including phenoxy) is 1. The van der Waals surface area contributed by atoms with E-state index in [1.54, 1.807) is 7.11 Å². The number of nitrogens with two attached hydrogens (primary N) is 1. The van der Waals surface area contributed by atoms with Gasteiger partial charge >= 0.3 is 6.03 Å². The van der Waals surface area contributed by atoms with E-state index >= 15 is 0 Å². The molecule has 6 nitrogen and oxygen atoms in total. The minimum absolute atomic E-state index is 0.231. The summed E-state index contributed by atoms with van der Waals surface area (Å²) in [6.45, 7) is 2.40. The number of benzene rings is 1. The zero-order chi connectivity index (χ0) is 15.7. The molecule has 0 heterocycles. The number of methoxy groups -OCH3 is 1. The molecule has 21 heavy (non-hydrogen) atoms. The second kappa shape index (κ2) is 8.84. The molecule has 0 saturated carbocycles. The number of urea groups is 1. The van der Waals surface area contributed by atoms with Gasteiger partial charge in [-0.3, -0.25) is 4.79 Å². The Balaban J connectivity index is 2.57. The molecule has 0 aliphatic rings. The molecule has 3 amide bonds. The van der Waals surface area contributed by atoms with Gasteiger partial charge in [-0.15, -0.1) is 0 Å². The van der Waals surface area contributed by atoms with Crippen molar-refractivity contribution in [3.63, 3.8) is 0 Å². The Morgan fingerprint density at radius 3 is 2.76 bits per heavy atom. The van der Waals surface area contributed by atoms with Crippen LogP contribution in [0, 0.1) is 0 Å². The molecule has 0 spiro atoms. The second-order valence-electron chi connectivity index (χ2n) is 4.77. The first-order chi connectivity index (χ1) is 10.1. The van der Waals surface area contributed by atoms with Crippen LogP contribution in [-0.4, -0.2) is 25.1 Å². The Kier molecular flexibility index (Phi) is 7.08. The summed E-state index contributed by atoms with van der Waals surface area (Å²) in [7, 11) is 1.59. The molecule has 0 bridgehead atoms. The first kappa shape index (κ1) is 16.8. The Bertz CT molecular complexity index is 477. The summed E-state index contributed by atoms with van der Waals surface area (Å²) in [5, 5.41) is 5.28. The Morgan fingerprint density at radius 1 is 1.38 bits per heavy atom. The van der Waals surface area contributed by atoms with Crippen LogP contribution in [0.1, 0.15) is 31.7 Å². The predicted octanol–water partition coefficient (Wildman–Crippen LogP) is 1.54. The summed E-state index contributed by atoms with van der Waals surface area (Å²) < 4.78 is 5.13. The van der Waals surface area contributed by atoms with E-state index in [1.165, 1.54) is 0 Å². The third kappa shape index (κ3) is 6.16. The van der Waals surface area contributed by atoms with E-state index in [4.69, 9.17) is 10.5 Å². The van der Waals surface area contributed by atoms with Crippen LogP contribution in [0.2, 0.25) is 0 Å². The maximum atomic E-state index is 12.1. The van der Waals surface area contributed by atoms with Crippen molar-refractivity contribution >= 4 is 11.9 Å². The minimum Gasteiger partial charge on any atom is -0.497 e. The van der Waals surface area contributed by atoms with Gasteiger partial charge in [-0.1, -0.05) is 31.9 Å². The summed E-state index contributed by atoms with van der Waals surface area (Å²) in [6.07, 6.45) is 2.36. The maximum Gasteiger partial charge on any atom is 0.312 e. The van der Waals surface area contributed by atoms with E-state index in [1.807, 2.05) is 31.2 Å². The molecule has 0 fully saturated rings. The quantitative estimate of drug-likeness (QED) is 0.678. The van der Waals surface area contributed by atoms with Crippen molar-refractivity contribution in [3.8, 4) is 5.75 Å². The number of unbranched alkanes of at least 4 members (excludes halogenated alkanes) is 1. The van der Waals surface area contributed by atoms with E-state index < -0.39 is 12.1 Å². The summed E-state index contributed by atoms with van der Waals surface area (Å²) in [6, 6.07) is 6.16. The molecule has 1 aromatic carbocycles. The lowest BCUT2D eigenvalue weighted by atomic mass is 10.1. The average Bonchev–Trinajstić information content (AvgIpc) is 2.48. The van der Waals surface area contributed by atoms with Crippen LogP contribution in [0.4, 0.5) is 4.79 Å². The lowest BCUT2D eigenvalue weighted by Crippen LogP contribution is -2.48. The smallest absolute Gasteiger partial charge is 0.312 e. The topological polar surface area (TPSA) is 93.5 Å². The van der Waals surface area contributed by atoms with Gasteiger partial charge < -0.3 is 21.1 Å². The number of primary amides is 1. The van der Waals surface area contributed by atoms with Crippen molar-refractivity contribution in [3.05, 3.63) is 29.8 Å². The molecule has 1 unspecified atom stereocenters. The molecule has 116 valence electrons. The summed E-state index contributed by atoms with van der Waals surface area (Å²) >= 11 is 0. The highest BCUT2D eigenvalue weighted by Gasteiger charge is 2.18. The van der Waals surface area contributed by atoms with Crippen molar-refractivity contribution in [1.82, 2.24) is 10.6 Å². The van der Waals surface area contributed by atoms with Crippen molar-refractivity contribution in [2.45, 2.75) is 38.8 Å². The van der Waals surface area contributed by atoms with Crippen LogP contribution in [0.3, 0.4) is 0 Å². The molecule has 6 heteroatoms. The molecular formula is C15H23N3O3. The van der Waals surface area contributed by atoms with Crippen LogP contribution in [0.25, 0.3) is 0 Å². The SMILES string of the molecule is CCCCC(NC(N)=O)C(=O)NCc1cccc(OC)c1. The minimum atomic E-state index is -0.687. The molecular weight excluding hydrogens is 270 g/mol. The number of carbonyl (C=O) groups is 2. The molecule has 0 aliphatic carbocycles. The first-order valence-corrected chi connectivity index (χ1v) is 7.03. The van der Waals surface area contributed by atoms with Crippen LogP contribution in [0.15, 0.2) is 24.3 Å². The van der Waals surface area contributed by atoms with E-state index in [2.05, 4.69) is 10.6 Å². The van der Waals surface area contributed by atoms with Crippen LogP contribution < -0.4 is 21.1 Å². The number of carbonyl (C=O) groups excluding carboxylic acids is 2. The van der Waals surface area contributed by atoms with Gasteiger partial charge in [-0.25, -0.2) is 4.79 Å². The average molecular weight is 293 g/mol. The zero-order valence-electron chi connectivity index (χ0n) is 12.5.